The van der Waals surface area contributed by atoms with Gasteiger partial charge in [0.2, 0.25) is 0 Å². The van der Waals surface area contributed by atoms with E-state index in [2.05, 4.69) is 35.0 Å². The third-order valence-corrected chi connectivity index (χ3v) is 4.67. The molecule has 1 nitrogen and oxygen atoms in total. The Hall–Kier alpha value is -0.990. The number of alkyl halides is 1. The standard InChI is InChI=1S/C16H16BrClO/c1-10-4-5-12(9-15(10)18)16(17)14-7-6-13(19-3)8-11(14)2/h4-9,16H,1-3H3. The van der Waals surface area contributed by atoms with E-state index in [9.17, 15) is 0 Å². The highest BCUT2D eigenvalue weighted by atomic mass is 79.9. The molecule has 100 valence electrons. The van der Waals surface area contributed by atoms with Crippen molar-refractivity contribution in [3.63, 3.8) is 0 Å². The maximum atomic E-state index is 6.19. The molecular formula is C16H16BrClO. The van der Waals surface area contributed by atoms with Crippen LogP contribution in [0.15, 0.2) is 36.4 Å². The van der Waals surface area contributed by atoms with Gasteiger partial charge in [-0.15, -0.1) is 0 Å². The molecule has 3 heteroatoms. The lowest BCUT2D eigenvalue weighted by Gasteiger charge is -2.15. The van der Waals surface area contributed by atoms with E-state index in [1.807, 2.05) is 31.2 Å². The summed E-state index contributed by atoms with van der Waals surface area (Å²) in [5.41, 5.74) is 4.67. The molecule has 1 atom stereocenters. The van der Waals surface area contributed by atoms with E-state index >= 15 is 0 Å². The van der Waals surface area contributed by atoms with Gasteiger partial charge in [-0.25, -0.2) is 0 Å². The normalized spacial score (nSPS) is 12.3. The Morgan fingerprint density at radius 3 is 2.37 bits per heavy atom. The lowest BCUT2D eigenvalue weighted by atomic mass is 9.99. The second-order valence-electron chi connectivity index (χ2n) is 4.59. The topological polar surface area (TPSA) is 9.23 Å². The number of hydrogen-bond acceptors (Lipinski definition) is 1. The smallest absolute Gasteiger partial charge is 0.119 e. The Balaban J connectivity index is 2.38. The monoisotopic (exact) mass is 338 g/mol. The van der Waals surface area contributed by atoms with Gasteiger partial charge in [0.25, 0.3) is 0 Å². The van der Waals surface area contributed by atoms with Crippen molar-refractivity contribution in [2.45, 2.75) is 18.7 Å². The fourth-order valence-corrected chi connectivity index (χ4v) is 2.99. The van der Waals surface area contributed by atoms with E-state index in [4.69, 9.17) is 16.3 Å². The van der Waals surface area contributed by atoms with E-state index in [1.54, 1.807) is 7.11 Å². The predicted molar refractivity (Wildman–Crippen MR) is 84.7 cm³/mol. The molecule has 0 aliphatic heterocycles. The second kappa shape index (κ2) is 5.98. The predicted octanol–water partition coefficient (Wildman–Crippen LogP) is 5.45. The summed E-state index contributed by atoms with van der Waals surface area (Å²) in [6.07, 6.45) is 0. The minimum Gasteiger partial charge on any atom is -0.497 e. The van der Waals surface area contributed by atoms with Crippen molar-refractivity contribution in [1.29, 1.82) is 0 Å². The van der Waals surface area contributed by atoms with Crippen molar-refractivity contribution >= 4 is 27.5 Å². The van der Waals surface area contributed by atoms with Crippen molar-refractivity contribution in [3.05, 3.63) is 63.7 Å². The highest BCUT2D eigenvalue weighted by Gasteiger charge is 2.14. The fraction of sp³-hybridized carbons (Fsp3) is 0.250. The summed E-state index contributed by atoms with van der Waals surface area (Å²) in [4.78, 5) is 0.136. The van der Waals surface area contributed by atoms with Crippen molar-refractivity contribution in [3.8, 4) is 5.75 Å². The van der Waals surface area contributed by atoms with Crippen LogP contribution < -0.4 is 4.74 Å². The van der Waals surface area contributed by atoms with Crippen LogP contribution in [-0.4, -0.2) is 7.11 Å². The Morgan fingerprint density at radius 1 is 1.05 bits per heavy atom. The van der Waals surface area contributed by atoms with Crippen LogP contribution in [0.3, 0.4) is 0 Å². The van der Waals surface area contributed by atoms with Crippen molar-refractivity contribution < 1.29 is 4.74 Å². The number of rotatable bonds is 3. The van der Waals surface area contributed by atoms with Gasteiger partial charge < -0.3 is 4.74 Å². The zero-order valence-corrected chi connectivity index (χ0v) is 13.5. The first kappa shape index (κ1) is 14.4. The maximum Gasteiger partial charge on any atom is 0.119 e. The lowest BCUT2D eigenvalue weighted by molar-refractivity contribution is 0.414. The average Bonchev–Trinajstić information content (AvgIpc) is 2.41. The molecule has 1 unspecified atom stereocenters. The molecule has 0 radical (unpaired) electrons. The van der Waals surface area contributed by atoms with E-state index in [0.29, 0.717) is 0 Å². The molecule has 0 bridgehead atoms. The van der Waals surface area contributed by atoms with Gasteiger partial charge in [-0.3, -0.25) is 0 Å². The van der Waals surface area contributed by atoms with Crippen LogP contribution in [0.2, 0.25) is 5.02 Å². The second-order valence-corrected chi connectivity index (χ2v) is 5.92. The lowest BCUT2D eigenvalue weighted by Crippen LogP contribution is -1.97. The van der Waals surface area contributed by atoms with Gasteiger partial charge in [0.1, 0.15) is 5.75 Å². The third kappa shape index (κ3) is 3.13. The van der Waals surface area contributed by atoms with Crippen molar-refractivity contribution in [2.24, 2.45) is 0 Å². The molecule has 0 saturated carbocycles. The third-order valence-electron chi connectivity index (χ3n) is 3.24. The Kier molecular flexibility index (Phi) is 4.54. The summed E-state index contributed by atoms with van der Waals surface area (Å²) in [5.74, 6) is 0.878. The van der Waals surface area contributed by atoms with E-state index in [0.717, 1.165) is 21.9 Å². The first-order valence-corrected chi connectivity index (χ1v) is 7.37. The van der Waals surface area contributed by atoms with Crippen molar-refractivity contribution in [1.82, 2.24) is 0 Å². The number of halogens is 2. The zero-order valence-electron chi connectivity index (χ0n) is 11.2. The molecule has 2 rings (SSSR count). The molecule has 0 aliphatic rings. The summed E-state index contributed by atoms with van der Waals surface area (Å²) in [6.45, 7) is 4.09. The highest BCUT2D eigenvalue weighted by Crippen LogP contribution is 2.35. The first-order chi connectivity index (χ1) is 9.02. The van der Waals surface area contributed by atoms with Gasteiger partial charge >= 0.3 is 0 Å². The van der Waals surface area contributed by atoms with Crippen LogP contribution in [0, 0.1) is 13.8 Å². The van der Waals surface area contributed by atoms with Gasteiger partial charge in [0, 0.05) is 5.02 Å². The van der Waals surface area contributed by atoms with E-state index in [-0.39, 0.29) is 4.83 Å². The molecule has 0 aromatic heterocycles. The van der Waals surface area contributed by atoms with E-state index in [1.165, 1.54) is 11.1 Å². The molecule has 2 aromatic carbocycles. The van der Waals surface area contributed by atoms with Crippen LogP contribution in [0.25, 0.3) is 0 Å². The van der Waals surface area contributed by atoms with Gasteiger partial charge in [-0.1, -0.05) is 45.7 Å². The summed E-state index contributed by atoms with van der Waals surface area (Å²) in [5, 5.41) is 0.799. The summed E-state index contributed by atoms with van der Waals surface area (Å²) in [7, 11) is 1.68. The van der Waals surface area contributed by atoms with E-state index < -0.39 is 0 Å². The zero-order chi connectivity index (χ0) is 14.0. The largest absolute Gasteiger partial charge is 0.497 e. The molecule has 0 N–H and O–H groups in total. The number of hydrogen-bond donors (Lipinski definition) is 0. The van der Waals surface area contributed by atoms with Crippen LogP contribution in [0.1, 0.15) is 27.1 Å². The number of methoxy groups -OCH3 is 1. The Bertz CT molecular complexity index is 595. The molecule has 0 aliphatic carbocycles. The van der Waals surface area contributed by atoms with Gasteiger partial charge in [-0.05, 0) is 54.3 Å². The summed E-state index contributed by atoms with van der Waals surface area (Å²) in [6, 6.07) is 12.3. The Labute approximate surface area is 127 Å². The molecule has 0 spiro atoms. The molecule has 2 aromatic rings. The summed E-state index contributed by atoms with van der Waals surface area (Å²) < 4.78 is 5.23. The van der Waals surface area contributed by atoms with Crippen LogP contribution in [-0.2, 0) is 0 Å². The minimum atomic E-state index is 0.136. The number of ether oxygens (including phenoxy) is 1. The highest BCUT2D eigenvalue weighted by molar-refractivity contribution is 9.09. The molecule has 19 heavy (non-hydrogen) atoms. The Morgan fingerprint density at radius 2 is 1.79 bits per heavy atom. The number of aryl methyl sites for hydroxylation is 2. The molecule has 0 heterocycles. The van der Waals surface area contributed by atoms with Crippen LogP contribution in [0.5, 0.6) is 5.75 Å². The van der Waals surface area contributed by atoms with Gasteiger partial charge in [0.05, 0.1) is 11.9 Å². The summed E-state index contributed by atoms with van der Waals surface area (Å²) >= 11 is 9.94. The minimum absolute atomic E-state index is 0.136. The van der Waals surface area contributed by atoms with Crippen LogP contribution in [0.4, 0.5) is 0 Å². The number of benzene rings is 2. The van der Waals surface area contributed by atoms with Gasteiger partial charge in [0.15, 0.2) is 0 Å². The van der Waals surface area contributed by atoms with Gasteiger partial charge in [-0.2, -0.15) is 0 Å². The quantitative estimate of drug-likeness (QED) is 0.676. The van der Waals surface area contributed by atoms with Crippen LogP contribution >= 0.6 is 27.5 Å². The molecule has 0 fully saturated rings. The SMILES string of the molecule is COc1ccc(C(Br)c2ccc(C)c(Cl)c2)c(C)c1. The van der Waals surface area contributed by atoms with Crippen molar-refractivity contribution in [2.75, 3.05) is 7.11 Å². The molecule has 0 saturated heterocycles. The molecule has 0 amide bonds. The first-order valence-electron chi connectivity index (χ1n) is 6.07. The average molecular weight is 340 g/mol. The fourth-order valence-electron chi connectivity index (χ4n) is 2.01. The maximum absolute atomic E-state index is 6.19. The molecular weight excluding hydrogens is 324 g/mol.